The number of aromatic hydroxyl groups is 1. The molecule has 9 nitrogen and oxygen atoms in total. The van der Waals surface area contributed by atoms with Crippen LogP contribution in [0, 0.1) is 6.92 Å². The fourth-order valence-electron chi connectivity index (χ4n) is 3.48. The molecule has 2 aromatic carbocycles. The summed E-state index contributed by atoms with van der Waals surface area (Å²) in [5.41, 5.74) is 6.57. The number of alkyl halides is 3. The van der Waals surface area contributed by atoms with Crippen LogP contribution in [0.4, 0.5) is 18.9 Å². The first-order valence-corrected chi connectivity index (χ1v) is 10.6. The highest BCUT2D eigenvalue weighted by Gasteiger charge is 2.31. The quantitative estimate of drug-likeness (QED) is 0.334. The molecule has 0 radical (unpaired) electrons. The molecule has 0 unspecified atom stereocenters. The summed E-state index contributed by atoms with van der Waals surface area (Å²) < 4.78 is 43.4. The van der Waals surface area contributed by atoms with E-state index in [2.05, 4.69) is 20.6 Å². The number of carbonyl (C=O) groups is 1. The number of carbonyl (C=O) groups excluding carboxylic acids is 1. The molecule has 0 bridgehead atoms. The molecule has 2 aromatic heterocycles. The van der Waals surface area contributed by atoms with E-state index in [1.54, 1.807) is 36.4 Å². The molecule has 0 aliphatic carbocycles. The average molecular weight is 499 g/mol. The highest BCUT2D eigenvalue weighted by molar-refractivity contribution is 5.94. The zero-order valence-corrected chi connectivity index (χ0v) is 18.8. The number of rotatable bonds is 7. The first kappa shape index (κ1) is 24.4. The third-order valence-electron chi connectivity index (χ3n) is 5.28. The van der Waals surface area contributed by atoms with Crippen LogP contribution in [0.1, 0.15) is 21.6 Å². The molecule has 0 fully saturated rings. The lowest BCUT2D eigenvalue weighted by Crippen LogP contribution is -2.30. The Morgan fingerprint density at radius 1 is 1.08 bits per heavy atom. The van der Waals surface area contributed by atoms with E-state index >= 15 is 0 Å². The van der Waals surface area contributed by atoms with Gasteiger partial charge in [-0.25, -0.2) is 9.36 Å². The zero-order valence-electron chi connectivity index (χ0n) is 18.8. The van der Waals surface area contributed by atoms with Gasteiger partial charge in [-0.2, -0.15) is 0 Å². The van der Waals surface area contributed by atoms with Crippen molar-refractivity contribution in [3.05, 3.63) is 100 Å². The van der Waals surface area contributed by atoms with E-state index in [0.29, 0.717) is 16.8 Å². The summed E-state index contributed by atoms with van der Waals surface area (Å²) in [6, 6.07) is 14.7. The molecule has 0 spiro atoms. The number of ether oxygens (including phenoxy) is 1. The maximum atomic E-state index is 13.1. The lowest BCUT2D eigenvalue weighted by atomic mass is 10.2. The number of hydrogen-bond donors (Lipinski definition) is 3. The Hall–Kier alpha value is -4.74. The summed E-state index contributed by atoms with van der Waals surface area (Å²) in [5, 5.41) is 10.6. The van der Waals surface area contributed by atoms with Crippen LogP contribution in [0.15, 0.2) is 77.9 Å². The number of pyridine rings is 1. The van der Waals surface area contributed by atoms with E-state index in [1.165, 1.54) is 36.0 Å². The van der Waals surface area contributed by atoms with Gasteiger partial charge in [-0.05, 0) is 49.4 Å². The van der Waals surface area contributed by atoms with E-state index in [9.17, 15) is 27.9 Å². The molecular formula is C24H20F3N5O4. The molecular weight excluding hydrogens is 479 g/mol. The van der Waals surface area contributed by atoms with Crippen molar-refractivity contribution < 1.29 is 27.8 Å². The van der Waals surface area contributed by atoms with E-state index in [-0.39, 0.29) is 29.7 Å². The molecule has 0 aliphatic rings. The zero-order chi connectivity index (χ0) is 25.9. The molecule has 0 saturated carbocycles. The summed E-state index contributed by atoms with van der Waals surface area (Å²) in [4.78, 5) is 29.5. The van der Waals surface area contributed by atoms with Crippen LogP contribution in [-0.4, -0.2) is 31.5 Å². The van der Waals surface area contributed by atoms with Gasteiger partial charge in [0.1, 0.15) is 5.75 Å². The summed E-state index contributed by atoms with van der Waals surface area (Å²) >= 11 is 0. The third kappa shape index (κ3) is 5.32. The van der Waals surface area contributed by atoms with E-state index < -0.39 is 17.8 Å². The van der Waals surface area contributed by atoms with Crippen molar-refractivity contribution in [1.29, 1.82) is 0 Å². The number of amides is 1. The second-order valence-corrected chi connectivity index (χ2v) is 7.63. The van der Waals surface area contributed by atoms with Crippen LogP contribution < -0.4 is 21.3 Å². The van der Waals surface area contributed by atoms with Crippen molar-refractivity contribution in [3.63, 3.8) is 0 Å². The Labute approximate surface area is 202 Å². The van der Waals surface area contributed by atoms with E-state index in [1.807, 2.05) is 0 Å². The lowest BCUT2D eigenvalue weighted by molar-refractivity contribution is -0.274. The second kappa shape index (κ2) is 9.86. The fourth-order valence-corrected chi connectivity index (χ4v) is 3.48. The van der Waals surface area contributed by atoms with Crippen LogP contribution >= 0.6 is 0 Å². The molecule has 186 valence electrons. The minimum absolute atomic E-state index is 0.00650. The Balaban J connectivity index is 1.57. The molecule has 2 heterocycles. The molecule has 4 rings (SSSR count). The Morgan fingerprint density at radius 3 is 2.44 bits per heavy atom. The maximum Gasteiger partial charge on any atom is 0.573 e. The number of benzene rings is 2. The predicted octanol–water partition coefficient (Wildman–Crippen LogP) is 3.75. The van der Waals surface area contributed by atoms with Gasteiger partial charge < -0.3 is 9.84 Å². The predicted molar refractivity (Wildman–Crippen MR) is 124 cm³/mol. The number of aromatic nitrogens is 3. The van der Waals surface area contributed by atoms with Gasteiger partial charge in [-0.1, -0.05) is 18.2 Å². The molecule has 1 amide bonds. The second-order valence-electron chi connectivity index (χ2n) is 7.63. The summed E-state index contributed by atoms with van der Waals surface area (Å²) in [7, 11) is 0. The first-order chi connectivity index (χ1) is 17.1. The normalized spacial score (nSPS) is 11.2. The van der Waals surface area contributed by atoms with Crippen LogP contribution in [0.25, 0.3) is 5.69 Å². The lowest BCUT2D eigenvalue weighted by Gasteiger charge is -2.13. The van der Waals surface area contributed by atoms with Crippen LogP contribution in [-0.2, 0) is 6.54 Å². The number of hydrogen-bond acceptors (Lipinski definition) is 6. The molecule has 4 aromatic rings. The summed E-state index contributed by atoms with van der Waals surface area (Å²) in [6.45, 7) is 1.53. The van der Waals surface area contributed by atoms with Crippen molar-refractivity contribution in [1.82, 2.24) is 19.5 Å². The molecule has 0 atom stereocenters. The van der Waals surface area contributed by atoms with Crippen molar-refractivity contribution in [2.75, 3.05) is 5.43 Å². The molecule has 0 aliphatic heterocycles. The fraction of sp³-hybridized carbons (Fsp3) is 0.125. The van der Waals surface area contributed by atoms with Gasteiger partial charge in [0.15, 0.2) is 0 Å². The molecule has 12 heteroatoms. The van der Waals surface area contributed by atoms with Crippen molar-refractivity contribution in [2.24, 2.45) is 0 Å². The van der Waals surface area contributed by atoms with Crippen LogP contribution in [0.3, 0.4) is 0 Å². The van der Waals surface area contributed by atoms with Gasteiger partial charge in [-0.3, -0.25) is 25.2 Å². The van der Waals surface area contributed by atoms with Crippen molar-refractivity contribution in [3.8, 4) is 17.3 Å². The number of nitrogens with one attached hydrogen (secondary N) is 2. The Morgan fingerprint density at radius 2 is 1.78 bits per heavy atom. The summed E-state index contributed by atoms with van der Waals surface area (Å²) in [5.74, 6) is -1.20. The SMILES string of the molecule is Cc1c(O)n(-c2ccc(OC(F)(F)F)cc2)c(=O)n1Cc1ccncc1NNC(=O)c1ccccc1. The minimum Gasteiger partial charge on any atom is -0.493 e. The van der Waals surface area contributed by atoms with Gasteiger partial charge in [-0.15, -0.1) is 13.2 Å². The molecule has 36 heavy (non-hydrogen) atoms. The van der Waals surface area contributed by atoms with Gasteiger partial charge in [0, 0.05) is 17.3 Å². The smallest absolute Gasteiger partial charge is 0.493 e. The van der Waals surface area contributed by atoms with Crippen molar-refractivity contribution >= 4 is 11.6 Å². The Bertz CT molecular complexity index is 1430. The number of anilines is 1. The van der Waals surface area contributed by atoms with Gasteiger partial charge >= 0.3 is 12.1 Å². The van der Waals surface area contributed by atoms with E-state index in [0.717, 1.165) is 16.7 Å². The van der Waals surface area contributed by atoms with Crippen LogP contribution in [0.2, 0.25) is 0 Å². The standard InChI is InChI=1S/C24H20F3N5O4/c1-15-22(34)32(18-7-9-19(10-8-18)36-24(25,26)27)23(35)31(15)14-17-11-12-28-13-20(17)29-30-21(33)16-5-3-2-4-6-16/h2-13,29,34H,14H2,1H3,(H,30,33). The van der Waals surface area contributed by atoms with E-state index in [4.69, 9.17) is 0 Å². The maximum absolute atomic E-state index is 13.1. The van der Waals surface area contributed by atoms with Gasteiger partial charge in [0.25, 0.3) is 5.91 Å². The van der Waals surface area contributed by atoms with Gasteiger partial charge in [0.05, 0.1) is 29.8 Å². The monoisotopic (exact) mass is 499 g/mol. The highest BCUT2D eigenvalue weighted by Crippen LogP contribution is 2.26. The largest absolute Gasteiger partial charge is 0.573 e. The highest BCUT2D eigenvalue weighted by atomic mass is 19.4. The van der Waals surface area contributed by atoms with Crippen molar-refractivity contribution in [2.45, 2.75) is 19.8 Å². The number of imidazole rings is 1. The van der Waals surface area contributed by atoms with Crippen LogP contribution in [0.5, 0.6) is 11.6 Å². The first-order valence-electron chi connectivity index (χ1n) is 10.6. The topological polar surface area (TPSA) is 110 Å². The average Bonchev–Trinajstić information content (AvgIpc) is 3.06. The number of nitrogens with zero attached hydrogens (tertiary/aromatic N) is 3. The molecule has 0 saturated heterocycles. The van der Waals surface area contributed by atoms with Gasteiger partial charge in [0.2, 0.25) is 5.88 Å². The summed E-state index contributed by atoms with van der Waals surface area (Å²) in [6.07, 6.45) is -1.87. The Kier molecular flexibility index (Phi) is 6.68. The minimum atomic E-state index is -4.85. The number of hydrazine groups is 1. The molecule has 3 N–H and O–H groups in total. The number of halogens is 3. The third-order valence-corrected chi connectivity index (χ3v) is 5.28.